The molecule has 4 aromatic carbocycles. The molecule has 2 aliphatic rings. The summed E-state index contributed by atoms with van der Waals surface area (Å²) in [7, 11) is 0. The van der Waals surface area contributed by atoms with Crippen molar-refractivity contribution in [2.24, 2.45) is 0 Å². The number of nitriles is 1. The first-order valence-electron chi connectivity index (χ1n) is 18.0. The van der Waals surface area contributed by atoms with Crippen molar-refractivity contribution in [3.05, 3.63) is 176 Å². The van der Waals surface area contributed by atoms with Crippen LogP contribution in [0.2, 0.25) is 0 Å². The summed E-state index contributed by atoms with van der Waals surface area (Å²) in [4.78, 5) is 40.5. The smallest absolute Gasteiger partial charge is 0.273 e. The van der Waals surface area contributed by atoms with Gasteiger partial charge in [-0.25, -0.2) is 9.97 Å². The minimum atomic E-state index is -0.481. The van der Waals surface area contributed by atoms with E-state index in [1.807, 2.05) is 109 Å². The lowest BCUT2D eigenvalue weighted by atomic mass is 9.99. The van der Waals surface area contributed by atoms with Crippen molar-refractivity contribution in [3.8, 4) is 50.6 Å². The third kappa shape index (κ3) is 6.33. The molecular formula is C46H29N7O4. The Balaban J connectivity index is 1.45. The van der Waals surface area contributed by atoms with Gasteiger partial charge < -0.3 is 9.97 Å². The molecule has 57 heavy (non-hydrogen) atoms. The molecule has 11 heteroatoms. The topological polar surface area (TPSA) is 167 Å². The Morgan fingerprint density at radius 3 is 1.32 bits per heavy atom. The normalized spacial score (nSPS) is 11.7. The van der Waals surface area contributed by atoms with E-state index in [2.05, 4.69) is 16.0 Å². The minimum absolute atomic E-state index is 0.0372. The van der Waals surface area contributed by atoms with E-state index in [4.69, 9.17) is 9.97 Å². The SMILES string of the molecule is N#CCc1cc(-c2c3nc(c(-c4ccccc4)c4ccc([nH]4)c(-c4ccccc4)c4nc(c(-c5ccc([N+](=O)[O-])cc5)c5ccc2[nH]5)C=C4)C=C3)ccc1[N+](=O)[O-]. The highest BCUT2D eigenvalue weighted by Crippen LogP contribution is 2.39. The van der Waals surface area contributed by atoms with E-state index in [0.717, 1.165) is 39.0 Å². The molecule has 8 bridgehead atoms. The monoisotopic (exact) mass is 743 g/mol. The Kier molecular flexibility index (Phi) is 8.61. The Morgan fingerprint density at radius 2 is 0.912 bits per heavy atom. The van der Waals surface area contributed by atoms with Crippen LogP contribution in [0.5, 0.6) is 0 Å². The van der Waals surface area contributed by atoms with Crippen LogP contribution in [0.4, 0.5) is 11.4 Å². The Morgan fingerprint density at radius 1 is 0.509 bits per heavy atom. The maximum atomic E-state index is 12.0. The van der Waals surface area contributed by atoms with Crippen molar-refractivity contribution in [1.82, 2.24) is 19.9 Å². The van der Waals surface area contributed by atoms with Gasteiger partial charge in [0.2, 0.25) is 0 Å². The van der Waals surface area contributed by atoms with E-state index in [9.17, 15) is 25.5 Å². The lowest BCUT2D eigenvalue weighted by molar-refractivity contribution is -0.385. The molecular weight excluding hydrogens is 715 g/mol. The van der Waals surface area contributed by atoms with Crippen LogP contribution in [0.3, 0.4) is 0 Å². The molecule has 11 nitrogen and oxygen atoms in total. The zero-order valence-electron chi connectivity index (χ0n) is 30.0. The van der Waals surface area contributed by atoms with Gasteiger partial charge in [0.1, 0.15) is 0 Å². The maximum Gasteiger partial charge on any atom is 0.273 e. The summed E-state index contributed by atoms with van der Waals surface area (Å²) < 4.78 is 0. The third-order valence-corrected chi connectivity index (χ3v) is 10.1. The van der Waals surface area contributed by atoms with Gasteiger partial charge in [0.25, 0.3) is 11.4 Å². The van der Waals surface area contributed by atoms with Crippen molar-refractivity contribution in [2.75, 3.05) is 0 Å². The fraction of sp³-hybridized carbons (Fsp3) is 0.0217. The lowest BCUT2D eigenvalue weighted by Crippen LogP contribution is -1.96. The summed E-state index contributed by atoms with van der Waals surface area (Å²) in [6.45, 7) is 0. The minimum Gasteiger partial charge on any atom is -0.354 e. The molecule has 0 radical (unpaired) electrons. The molecule has 2 aliphatic heterocycles. The molecule has 9 rings (SSSR count). The average Bonchev–Trinajstić information content (AvgIpc) is 4.07. The Labute approximate surface area is 324 Å². The van der Waals surface area contributed by atoms with Gasteiger partial charge in [-0.3, -0.25) is 20.2 Å². The number of nitrogens with one attached hydrogen (secondary N) is 2. The van der Waals surface area contributed by atoms with Gasteiger partial charge in [-0.05, 0) is 95.1 Å². The first-order valence-corrected chi connectivity index (χ1v) is 18.0. The van der Waals surface area contributed by atoms with Gasteiger partial charge in [-0.1, -0.05) is 60.7 Å². The van der Waals surface area contributed by atoms with Crippen molar-refractivity contribution in [1.29, 1.82) is 5.26 Å². The zero-order chi connectivity index (χ0) is 39.0. The number of fused-ring (bicyclic) bond motifs is 8. The highest BCUT2D eigenvalue weighted by Gasteiger charge is 2.21. The summed E-state index contributed by atoms with van der Waals surface area (Å²) in [5.41, 5.74) is 12.2. The van der Waals surface area contributed by atoms with Crippen LogP contribution in [0.1, 0.15) is 28.3 Å². The van der Waals surface area contributed by atoms with Crippen LogP contribution in [-0.2, 0) is 6.42 Å². The molecule has 3 aromatic heterocycles. The number of nitro benzene ring substituents is 2. The van der Waals surface area contributed by atoms with Crippen molar-refractivity contribution >= 4 is 57.7 Å². The van der Waals surface area contributed by atoms with Gasteiger partial charge in [0.05, 0.1) is 45.1 Å². The fourth-order valence-electron chi connectivity index (χ4n) is 7.53. The molecule has 0 saturated carbocycles. The second-order valence-corrected chi connectivity index (χ2v) is 13.5. The number of benzene rings is 4. The van der Waals surface area contributed by atoms with Crippen molar-refractivity contribution in [3.63, 3.8) is 0 Å². The predicted molar refractivity (Wildman–Crippen MR) is 223 cm³/mol. The molecule has 0 spiro atoms. The number of rotatable bonds is 7. The summed E-state index contributed by atoms with van der Waals surface area (Å²) in [6.07, 6.45) is 7.65. The van der Waals surface area contributed by atoms with Crippen LogP contribution in [0, 0.1) is 31.6 Å². The van der Waals surface area contributed by atoms with E-state index in [1.165, 1.54) is 18.2 Å². The quantitative estimate of drug-likeness (QED) is 0.121. The predicted octanol–water partition coefficient (Wildman–Crippen LogP) is 11.2. The van der Waals surface area contributed by atoms with Crippen molar-refractivity contribution in [2.45, 2.75) is 6.42 Å². The Bertz CT molecular complexity index is 3050. The number of aromatic nitrogens is 4. The van der Waals surface area contributed by atoms with E-state index < -0.39 is 9.85 Å². The summed E-state index contributed by atoms with van der Waals surface area (Å²) in [5.74, 6) is 0. The second-order valence-electron chi connectivity index (χ2n) is 13.5. The number of H-pyrrole nitrogens is 2. The first kappa shape index (κ1) is 34.5. The second kappa shape index (κ2) is 14.2. The lowest BCUT2D eigenvalue weighted by Gasteiger charge is -2.08. The van der Waals surface area contributed by atoms with Gasteiger partial charge in [-0.15, -0.1) is 0 Å². The van der Waals surface area contributed by atoms with Gasteiger partial charge in [-0.2, -0.15) is 5.26 Å². The summed E-state index contributed by atoms with van der Waals surface area (Å²) in [5, 5.41) is 33.2. The van der Waals surface area contributed by atoms with Crippen molar-refractivity contribution < 1.29 is 9.85 Å². The van der Waals surface area contributed by atoms with Crippen LogP contribution < -0.4 is 0 Å². The molecule has 0 atom stereocenters. The summed E-state index contributed by atoms with van der Waals surface area (Å²) in [6, 6.07) is 41.2. The number of non-ortho nitro benzene ring substituents is 1. The van der Waals surface area contributed by atoms with E-state index in [1.54, 1.807) is 24.3 Å². The molecule has 0 amide bonds. The standard InChI is InChI=1S/C46H29N7O4/c47-26-25-31-27-32(13-24-42(31)53(56)57)46-40-22-20-37(50-40)44(29-9-5-2-6-10-29)35-17-16-34(48-35)43(28-7-3-1-4-8-28)36-18-19-38(49-36)45(39-21-23-41(46)51-39)30-11-14-33(15-12-30)52(54)55/h1-24,27,48,51H,25H2. The number of nitro groups is 2. The largest absolute Gasteiger partial charge is 0.354 e. The van der Waals surface area contributed by atoms with E-state index in [-0.39, 0.29) is 23.4 Å². The van der Waals surface area contributed by atoms with E-state index >= 15 is 0 Å². The van der Waals surface area contributed by atoms with Crippen LogP contribution in [0.25, 0.3) is 90.9 Å². The molecule has 272 valence electrons. The number of hydrogen-bond acceptors (Lipinski definition) is 7. The number of aromatic amines is 2. The molecule has 5 heterocycles. The molecule has 0 saturated heterocycles. The van der Waals surface area contributed by atoms with Gasteiger partial charge in [0.15, 0.2) is 0 Å². The van der Waals surface area contributed by atoms with Gasteiger partial charge in [0, 0.05) is 68.1 Å². The molecule has 0 fully saturated rings. The van der Waals surface area contributed by atoms with E-state index in [0.29, 0.717) is 50.4 Å². The molecule has 2 N–H and O–H groups in total. The third-order valence-electron chi connectivity index (χ3n) is 10.1. The molecule has 7 aromatic rings. The maximum absolute atomic E-state index is 12.0. The number of hydrogen-bond donors (Lipinski definition) is 2. The molecule has 0 unspecified atom stereocenters. The Hall–Kier alpha value is -8.23. The van der Waals surface area contributed by atoms with Crippen LogP contribution >= 0.6 is 0 Å². The van der Waals surface area contributed by atoms with Crippen LogP contribution in [-0.4, -0.2) is 29.8 Å². The average molecular weight is 744 g/mol. The highest BCUT2D eigenvalue weighted by molar-refractivity contribution is 6.00. The molecule has 0 aliphatic carbocycles. The summed E-state index contributed by atoms with van der Waals surface area (Å²) >= 11 is 0. The fourth-order valence-corrected chi connectivity index (χ4v) is 7.53. The first-order chi connectivity index (χ1) is 27.9. The van der Waals surface area contributed by atoms with Gasteiger partial charge >= 0.3 is 0 Å². The number of nitrogens with zero attached hydrogens (tertiary/aromatic N) is 5. The highest BCUT2D eigenvalue weighted by atomic mass is 16.6. The zero-order valence-corrected chi connectivity index (χ0v) is 30.0. The van der Waals surface area contributed by atoms with Crippen LogP contribution in [0.15, 0.2) is 127 Å².